The topological polar surface area (TPSA) is 20.2 Å². The highest BCUT2D eigenvalue weighted by Gasteiger charge is 2.29. The van der Waals surface area contributed by atoms with Gasteiger partial charge < -0.3 is 5.11 Å². The van der Waals surface area contributed by atoms with Crippen LogP contribution < -0.4 is 0 Å². The summed E-state index contributed by atoms with van der Waals surface area (Å²) in [6.07, 6.45) is 0.986. The van der Waals surface area contributed by atoms with E-state index in [2.05, 4.69) is 39.8 Å². The van der Waals surface area contributed by atoms with Crippen LogP contribution >= 0.6 is 0 Å². The predicted molar refractivity (Wildman–Crippen MR) is 64.9 cm³/mol. The second-order valence-corrected chi connectivity index (χ2v) is 4.76. The van der Waals surface area contributed by atoms with Crippen LogP contribution in [0.5, 0.6) is 0 Å². The molecular formula is C14H22O. The van der Waals surface area contributed by atoms with E-state index >= 15 is 0 Å². The summed E-state index contributed by atoms with van der Waals surface area (Å²) in [5.41, 5.74) is 2.84. The van der Waals surface area contributed by atoms with Gasteiger partial charge in [0.05, 0.1) is 5.60 Å². The smallest absolute Gasteiger partial charge is 0.0893 e. The molecule has 1 aromatic carbocycles. The number of aliphatic hydroxyl groups is 1. The molecule has 0 aliphatic rings. The Morgan fingerprint density at radius 1 is 1.27 bits per heavy atom. The Kier molecular flexibility index (Phi) is 3.56. The molecule has 0 radical (unpaired) electrons. The van der Waals surface area contributed by atoms with Gasteiger partial charge in [0.2, 0.25) is 0 Å². The second kappa shape index (κ2) is 4.36. The quantitative estimate of drug-likeness (QED) is 0.801. The van der Waals surface area contributed by atoms with Gasteiger partial charge in [-0.05, 0) is 43.4 Å². The summed E-state index contributed by atoms with van der Waals surface area (Å²) >= 11 is 0. The van der Waals surface area contributed by atoms with Crippen molar-refractivity contribution in [3.63, 3.8) is 0 Å². The summed E-state index contributed by atoms with van der Waals surface area (Å²) in [6, 6.07) is 6.22. The maximum Gasteiger partial charge on any atom is 0.0893 e. The number of rotatable bonds is 3. The first-order valence-corrected chi connectivity index (χ1v) is 5.69. The van der Waals surface area contributed by atoms with Crippen LogP contribution in [-0.4, -0.2) is 5.11 Å². The van der Waals surface area contributed by atoms with E-state index in [4.69, 9.17) is 0 Å². The molecule has 0 fully saturated rings. The van der Waals surface area contributed by atoms with Gasteiger partial charge in [-0.2, -0.15) is 0 Å². The van der Waals surface area contributed by atoms with Crippen LogP contribution in [0.4, 0.5) is 0 Å². The molecule has 1 nitrogen and oxygen atoms in total. The van der Waals surface area contributed by atoms with E-state index in [1.165, 1.54) is 11.1 Å². The average Bonchev–Trinajstić information content (AvgIpc) is 2.20. The van der Waals surface area contributed by atoms with Crippen molar-refractivity contribution in [2.24, 2.45) is 5.92 Å². The highest BCUT2D eigenvalue weighted by Crippen LogP contribution is 2.31. The maximum atomic E-state index is 10.5. The van der Waals surface area contributed by atoms with Gasteiger partial charge in [0.25, 0.3) is 0 Å². The molecule has 15 heavy (non-hydrogen) atoms. The predicted octanol–water partition coefficient (Wildman–Crippen LogP) is 3.56. The lowest BCUT2D eigenvalue weighted by Crippen LogP contribution is -2.29. The van der Waals surface area contributed by atoms with Crippen molar-refractivity contribution in [3.8, 4) is 0 Å². The largest absolute Gasteiger partial charge is 0.385 e. The summed E-state index contributed by atoms with van der Waals surface area (Å²) in [5, 5.41) is 10.5. The molecule has 1 N–H and O–H groups in total. The monoisotopic (exact) mass is 206 g/mol. The fourth-order valence-electron chi connectivity index (χ4n) is 1.74. The minimum atomic E-state index is -0.715. The Morgan fingerprint density at radius 2 is 1.87 bits per heavy atom. The van der Waals surface area contributed by atoms with E-state index < -0.39 is 5.60 Å². The molecule has 0 spiro atoms. The van der Waals surface area contributed by atoms with Crippen LogP contribution in [0.2, 0.25) is 0 Å². The molecule has 0 saturated carbocycles. The average molecular weight is 206 g/mol. The number of benzene rings is 1. The molecule has 2 atom stereocenters. The van der Waals surface area contributed by atoms with Crippen LogP contribution in [-0.2, 0) is 5.60 Å². The van der Waals surface area contributed by atoms with Gasteiger partial charge in [0, 0.05) is 0 Å². The third-order valence-corrected chi connectivity index (χ3v) is 3.66. The Balaban J connectivity index is 3.10. The van der Waals surface area contributed by atoms with E-state index in [1.54, 1.807) is 0 Å². The van der Waals surface area contributed by atoms with E-state index in [0.717, 1.165) is 12.0 Å². The van der Waals surface area contributed by atoms with Gasteiger partial charge in [-0.25, -0.2) is 0 Å². The highest BCUT2D eigenvalue weighted by molar-refractivity contribution is 5.33. The molecule has 1 heteroatoms. The van der Waals surface area contributed by atoms with Crippen molar-refractivity contribution in [1.29, 1.82) is 0 Å². The van der Waals surface area contributed by atoms with Crippen LogP contribution in [0.3, 0.4) is 0 Å². The zero-order valence-electron chi connectivity index (χ0n) is 10.5. The van der Waals surface area contributed by atoms with Crippen LogP contribution in [0, 0.1) is 19.8 Å². The zero-order chi connectivity index (χ0) is 11.6. The molecule has 0 heterocycles. The van der Waals surface area contributed by atoms with Crippen molar-refractivity contribution in [2.75, 3.05) is 0 Å². The van der Waals surface area contributed by atoms with Crippen molar-refractivity contribution < 1.29 is 5.11 Å². The minimum Gasteiger partial charge on any atom is -0.385 e. The molecule has 1 rings (SSSR count). The lowest BCUT2D eigenvalue weighted by atomic mass is 9.81. The van der Waals surface area contributed by atoms with Crippen molar-refractivity contribution in [3.05, 3.63) is 34.9 Å². The molecule has 0 amide bonds. The Hall–Kier alpha value is -0.820. The summed E-state index contributed by atoms with van der Waals surface area (Å²) in [6.45, 7) is 10.3. The third-order valence-electron chi connectivity index (χ3n) is 3.66. The van der Waals surface area contributed by atoms with Gasteiger partial charge in [-0.15, -0.1) is 0 Å². The Bertz CT molecular complexity index is 339. The Labute approximate surface area is 93.1 Å². The zero-order valence-corrected chi connectivity index (χ0v) is 10.5. The van der Waals surface area contributed by atoms with Gasteiger partial charge in [-0.3, -0.25) is 0 Å². The first-order chi connectivity index (χ1) is 6.89. The summed E-state index contributed by atoms with van der Waals surface area (Å²) in [4.78, 5) is 0. The van der Waals surface area contributed by atoms with E-state index in [0.29, 0.717) is 0 Å². The normalized spacial score (nSPS) is 17.2. The van der Waals surface area contributed by atoms with E-state index in [-0.39, 0.29) is 5.92 Å². The van der Waals surface area contributed by atoms with Gasteiger partial charge in [0.15, 0.2) is 0 Å². The molecule has 0 aromatic heterocycles. The minimum absolute atomic E-state index is 0.277. The molecule has 0 saturated heterocycles. The Morgan fingerprint density at radius 3 is 2.33 bits per heavy atom. The summed E-state index contributed by atoms with van der Waals surface area (Å²) < 4.78 is 0. The van der Waals surface area contributed by atoms with Crippen LogP contribution in [0.25, 0.3) is 0 Å². The first-order valence-electron chi connectivity index (χ1n) is 5.69. The van der Waals surface area contributed by atoms with Gasteiger partial charge in [-0.1, -0.05) is 38.5 Å². The summed E-state index contributed by atoms with van der Waals surface area (Å²) in [5.74, 6) is 0.277. The van der Waals surface area contributed by atoms with Crippen molar-refractivity contribution in [2.45, 2.75) is 46.6 Å². The van der Waals surface area contributed by atoms with Crippen LogP contribution in [0.1, 0.15) is 43.9 Å². The number of hydrogen-bond donors (Lipinski definition) is 1. The molecule has 0 aliphatic heterocycles. The fraction of sp³-hybridized carbons (Fsp3) is 0.571. The van der Waals surface area contributed by atoms with Crippen molar-refractivity contribution >= 4 is 0 Å². The van der Waals surface area contributed by atoms with Crippen LogP contribution in [0.15, 0.2) is 18.2 Å². The first kappa shape index (κ1) is 12.3. The highest BCUT2D eigenvalue weighted by atomic mass is 16.3. The molecular weight excluding hydrogens is 184 g/mol. The van der Waals surface area contributed by atoms with E-state index in [1.807, 2.05) is 13.0 Å². The standard InChI is InChI=1S/C14H22O/c1-6-12(4)14(5,15)13-8-7-10(2)11(3)9-13/h7-9,12,15H,6H2,1-5H3. The molecule has 1 aromatic rings. The summed E-state index contributed by atoms with van der Waals surface area (Å²) in [7, 11) is 0. The van der Waals surface area contributed by atoms with Crippen molar-refractivity contribution in [1.82, 2.24) is 0 Å². The lowest BCUT2D eigenvalue weighted by Gasteiger charge is -2.30. The SMILES string of the molecule is CCC(C)C(C)(O)c1ccc(C)c(C)c1. The van der Waals surface area contributed by atoms with Gasteiger partial charge in [0.1, 0.15) is 0 Å². The number of hydrogen-bond acceptors (Lipinski definition) is 1. The second-order valence-electron chi connectivity index (χ2n) is 4.76. The maximum absolute atomic E-state index is 10.5. The van der Waals surface area contributed by atoms with E-state index in [9.17, 15) is 5.11 Å². The van der Waals surface area contributed by atoms with Gasteiger partial charge >= 0.3 is 0 Å². The lowest BCUT2D eigenvalue weighted by molar-refractivity contribution is -0.0000363. The molecule has 2 unspecified atom stereocenters. The molecule has 84 valence electrons. The number of aryl methyl sites for hydroxylation is 2. The molecule has 0 bridgehead atoms. The fourth-order valence-corrected chi connectivity index (χ4v) is 1.74. The third kappa shape index (κ3) is 2.40. The molecule has 0 aliphatic carbocycles.